The van der Waals surface area contributed by atoms with Crippen molar-refractivity contribution < 1.29 is 14.7 Å². The van der Waals surface area contributed by atoms with Crippen LogP contribution in [0.4, 0.5) is 5.69 Å². The summed E-state index contributed by atoms with van der Waals surface area (Å²) < 4.78 is 5.99. The third-order valence-electron chi connectivity index (χ3n) is 8.55. The van der Waals surface area contributed by atoms with Crippen molar-refractivity contribution in [3.05, 3.63) is 29.7 Å². The second kappa shape index (κ2) is 8.67. The number of nitrogens with two attached hydrogens (primary N) is 1. The maximum absolute atomic E-state index is 9.63. The largest absolute Gasteiger partial charge is 0.394 e. The van der Waals surface area contributed by atoms with Crippen molar-refractivity contribution in [2.45, 2.75) is 69.7 Å². The Hall–Kier alpha value is -1.96. The first-order valence-electron chi connectivity index (χ1n) is 12.6. The minimum atomic E-state index is -1.03. The normalized spacial score (nSPS) is 29.4. The third-order valence-corrected chi connectivity index (χ3v) is 8.55. The van der Waals surface area contributed by atoms with Crippen molar-refractivity contribution in [1.29, 1.82) is 0 Å². The molecule has 2 bridgehead atoms. The molecule has 5 rings (SSSR count). The molecule has 0 saturated heterocycles. The average molecular weight is 455 g/mol. The Morgan fingerprint density at radius 1 is 1.18 bits per heavy atom. The van der Waals surface area contributed by atoms with E-state index < -0.39 is 5.54 Å². The van der Waals surface area contributed by atoms with Gasteiger partial charge in [0.1, 0.15) is 0 Å². The van der Waals surface area contributed by atoms with Crippen LogP contribution < -0.4 is 10.6 Å². The van der Waals surface area contributed by atoms with Gasteiger partial charge in [-0.1, -0.05) is 31.1 Å². The van der Waals surface area contributed by atoms with Crippen LogP contribution in [0.2, 0.25) is 0 Å². The van der Waals surface area contributed by atoms with E-state index in [1.165, 1.54) is 24.8 Å². The van der Waals surface area contributed by atoms with E-state index in [0.717, 1.165) is 67.1 Å². The van der Waals surface area contributed by atoms with Gasteiger partial charge >= 0.3 is 0 Å². The molecule has 3 aliphatic rings. The van der Waals surface area contributed by atoms with Crippen molar-refractivity contribution in [3.63, 3.8) is 0 Å². The third kappa shape index (κ3) is 4.08. The van der Waals surface area contributed by atoms with Crippen LogP contribution in [-0.4, -0.2) is 52.2 Å². The lowest BCUT2D eigenvalue weighted by Crippen LogP contribution is -2.55. The summed E-state index contributed by atoms with van der Waals surface area (Å²) in [6.45, 7) is 5.34. The molecule has 2 aliphatic carbocycles. The molecule has 1 aliphatic heterocycles. The fourth-order valence-electron chi connectivity index (χ4n) is 6.99. The van der Waals surface area contributed by atoms with Crippen LogP contribution in [0.1, 0.15) is 63.8 Å². The molecular weight excluding hydrogens is 416 g/mol. The Balaban J connectivity index is 1.42. The number of aromatic nitrogens is 2. The van der Waals surface area contributed by atoms with Gasteiger partial charge in [0.05, 0.1) is 18.8 Å². The minimum Gasteiger partial charge on any atom is -0.394 e. The van der Waals surface area contributed by atoms with Gasteiger partial charge in [-0.05, 0) is 74.3 Å². The Kier molecular flexibility index (Phi) is 6.00. The van der Waals surface area contributed by atoms with Crippen molar-refractivity contribution >= 4 is 5.69 Å². The van der Waals surface area contributed by atoms with Crippen LogP contribution >= 0.6 is 0 Å². The fourth-order valence-corrected chi connectivity index (χ4v) is 6.99. The minimum absolute atomic E-state index is 0.00433. The maximum Gasteiger partial charge on any atom is 0.233 e. The predicted molar refractivity (Wildman–Crippen MR) is 128 cm³/mol. The van der Waals surface area contributed by atoms with Gasteiger partial charge in [0.15, 0.2) is 0 Å². The summed E-state index contributed by atoms with van der Waals surface area (Å²) in [6.07, 6.45) is 8.22. The van der Waals surface area contributed by atoms with Gasteiger partial charge in [0.25, 0.3) is 0 Å². The second-order valence-electron chi connectivity index (χ2n) is 11.2. The van der Waals surface area contributed by atoms with Gasteiger partial charge in [-0.2, -0.15) is 4.98 Å². The monoisotopic (exact) mass is 454 g/mol. The van der Waals surface area contributed by atoms with Crippen LogP contribution in [0.5, 0.6) is 0 Å². The van der Waals surface area contributed by atoms with Crippen molar-refractivity contribution in [3.8, 4) is 11.4 Å². The van der Waals surface area contributed by atoms with E-state index in [9.17, 15) is 10.2 Å². The molecule has 0 spiro atoms. The molecular formula is C26H38N4O3. The molecule has 2 fully saturated rings. The summed E-state index contributed by atoms with van der Waals surface area (Å²) in [5.74, 6) is 3.86. The number of aliphatic hydroxyl groups is 2. The number of anilines is 1. The number of hydrogen-bond acceptors (Lipinski definition) is 7. The number of hydrogen-bond donors (Lipinski definition) is 3. The highest BCUT2D eigenvalue weighted by Gasteiger charge is 2.47. The van der Waals surface area contributed by atoms with Crippen LogP contribution in [0.25, 0.3) is 11.4 Å². The molecule has 0 radical (unpaired) electrons. The van der Waals surface area contributed by atoms with E-state index in [4.69, 9.17) is 15.2 Å². The highest BCUT2D eigenvalue weighted by atomic mass is 16.5. The SMILES string of the molecule is CCC1(c2nc(-c3cccc4c3CCN4CC(N)(CO)CO)no2)CC2CC(C)CC(C2)C1. The molecule has 2 heterocycles. The Bertz CT molecular complexity index is 968. The van der Waals surface area contributed by atoms with E-state index in [1.807, 2.05) is 6.07 Å². The molecule has 7 nitrogen and oxygen atoms in total. The van der Waals surface area contributed by atoms with Gasteiger partial charge in [0.2, 0.25) is 11.7 Å². The van der Waals surface area contributed by atoms with E-state index in [-0.39, 0.29) is 18.6 Å². The standard InChI is InChI=1S/C26H38N4O3/c1-3-25(12-18-9-17(2)10-19(11-18)13-25)24-28-23(29-33-24)21-5-4-6-22-20(21)7-8-30(22)14-26(27,15-31)16-32/h4-6,17-19,31-32H,3,7-16,27H2,1-2H3. The predicted octanol–water partition coefficient (Wildman–Crippen LogP) is 3.28. The van der Waals surface area contributed by atoms with Crippen molar-refractivity contribution in [1.82, 2.24) is 10.1 Å². The Labute approximate surface area is 196 Å². The summed E-state index contributed by atoms with van der Waals surface area (Å²) in [5.41, 5.74) is 8.41. The molecule has 7 heteroatoms. The van der Waals surface area contributed by atoms with Crippen molar-refractivity contribution in [2.24, 2.45) is 23.5 Å². The molecule has 2 aromatic rings. The number of aliphatic hydroxyl groups excluding tert-OH is 2. The zero-order valence-corrected chi connectivity index (χ0v) is 20.0. The Morgan fingerprint density at radius 3 is 2.58 bits per heavy atom. The molecule has 0 amide bonds. The summed E-state index contributed by atoms with van der Waals surface area (Å²) >= 11 is 0. The van der Waals surface area contributed by atoms with E-state index in [2.05, 4.69) is 36.0 Å². The summed E-state index contributed by atoms with van der Waals surface area (Å²) in [7, 11) is 0. The molecule has 2 atom stereocenters. The highest BCUT2D eigenvalue weighted by molar-refractivity contribution is 5.73. The first-order chi connectivity index (χ1) is 15.9. The Morgan fingerprint density at radius 2 is 1.91 bits per heavy atom. The molecule has 1 aromatic carbocycles. The van der Waals surface area contributed by atoms with Crippen LogP contribution in [-0.2, 0) is 11.8 Å². The number of benzene rings is 1. The van der Waals surface area contributed by atoms with Crippen LogP contribution in [0.15, 0.2) is 22.7 Å². The quantitative estimate of drug-likeness (QED) is 0.589. The zero-order valence-electron chi connectivity index (χ0n) is 20.0. The summed E-state index contributed by atoms with van der Waals surface area (Å²) in [6, 6.07) is 6.15. The number of rotatable bonds is 7. The smallest absolute Gasteiger partial charge is 0.233 e. The summed E-state index contributed by atoms with van der Waals surface area (Å²) in [5, 5.41) is 23.7. The van der Waals surface area contributed by atoms with E-state index in [1.54, 1.807) is 0 Å². The highest BCUT2D eigenvalue weighted by Crippen LogP contribution is 2.52. The molecule has 1 aromatic heterocycles. The topological polar surface area (TPSA) is 109 Å². The maximum atomic E-state index is 9.63. The number of nitrogens with zero attached hydrogens (tertiary/aromatic N) is 3. The van der Waals surface area contributed by atoms with Gasteiger partial charge < -0.3 is 25.4 Å². The van der Waals surface area contributed by atoms with Gasteiger partial charge in [-0.3, -0.25) is 0 Å². The van der Waals surface area contributed by atoms with E-state index in [0.29, 0.717) is 12.4 Å². The number of fused-ring (bicyclic) bond motifs is 3. The van der Waals surface area contributed by atoms with Gasteiger partial charge in [0, 0.05) is 29.8 Å². The van der Waals surface area contributed by atoms with Crippen LogP contribution in [0.3, 0.4) is 0 Å². The lowest BCUT2D eigenvalue weighted by Gasteiger charge is -2.46. The lowest BCUT2D eigenvalue weighted by molar-refractivity contribution is 0.0606. The molecule has 4 N–H and O–H groups in total. The van der Waals surface area contributed by atoms with Gasteiger partial charge in [-0.25, -0.2) is 0 Å². The fraction of sp³-hybridized carbons (Fsp3) is 0.692. The first kappa shape index (κ1) is 22.8. The first-order valence-corrected chi connectivity index (χ1v) is 12.6. The molecule has 2 saturated carbocycles. The van der Waals surface area contributed by atoms with Crippen LogP contribution in [0, 0.1) is 17.8 Å². The summed E-state index contributed by atoms with van der Waals surface area (Å²) in [4.78, 5) is 7.14. The average Bonchev–Trinajstić information content (AvgIpc) is 3.46. The molecule has 33 heavy (non-hydrogen) atoms. The van der Waals surface area contributed by atoms with Gasteiger partial charge in [-0.15, -0.1) is 0 Å². The van der Waals surface area contributed by atoms with E-state index >= 15 is 0 Å². The lowest BCUT2D eigenvalue weighted by atomic mass is 9.58. The van der Waals surface area contributed by atoms with Crippen molar-refractivity contribution in [2.75, 3.05) is 31.2 Å². The molecule has 2 unspecified atom stereocenters. The molecule has 180 valence electrons. The second-order valence-corrected chi connectivity index (χ2v) is 11.2. The zero-order chi connectivity index (χ0) is 23.2.